The second kappa shape index (κ2) is 5.87. The predicted octanol–water partition coefficient (Wildman–Crippen LogP) is 2.51. The first-order valence-electron chi connectivity index (χ1n) is 7.65. The Morgan fingerprint density at radius 1 is 1.26 bits per heavy atom. The topological polar surface area (TPSA) is 84.2 Å². The van der Waals surface area contributed by atoms with E-state index in [0.29, 0.717) is 12.1 Å². The molecule has 0 bridgehead atoms. The number of carboxylic acids is 1. The van der Waals surface area contributed by atoms with E-state index in [9.17, 15) is 14.7 Å². The Morgan fingerprint density at radius 3 is 2.57 bits per heavy atom. The van der Waals surface area contributed by atoms with E-state index in [1.54, 1.807) is 16.9 Å². The lowest BCUT2D eigenvalue weighted by molar-refractivity contribution is -0.138. The van der Waals surface area contributed by atoms with E-state index in [-0.39, 0.29) is 18.0 Å². The molecule has 6 heteroatoms. The Kier molecular flexibility index (Phi) is 3.90. The number of carbonyl (C=O) groups is 2. The number of nitrogens with zero attached hydrogens (tertiary/aromatic N) is 2. The summed E-state index contributed by atoms with van der Waals surface area (Å²) >= 11 is 0. The van der Waals surface area contributed by atoms with Gasteiger partial charge in [-0.25, -0.2) is 0 Å². The van der Waals surface area contributed by atoms with Crippen LogP contribution in [-0.2, 0) is 4.79 Å². The molecule has 2 atom stereocenters. The summed E-state index contributed by atoms with van der Waals surface area (Å²) in [4.78, 5) is 23.8. The molecule has 0 aliphatic heterocycles. The number of benzene rings is 1. The maximum atomic E-state index is 12.4. The minimum atomic E-state index is -0.863. The average Bonchev–Trinajstić information content (AvgIpc) is 3.13. The van der Waals surface area contributed by atoms with E-state index in [0.717, 1.165) is 11.1 Å². The van der Waals surface area contributed by atoms with Crippen molar-refractivity contribution in [2.45, 2.75) is 38.3 Å². The van der Waals surface area contributed by atoms with Gasteiger partial charge in [-0.15, -0.1) is 0 Å². The zero-order chi connectivity index (χ0) is 16.6. The molecule has 1 aliphatic carbocycles. The van der Waals surface area contributed by atoms with E-state index in [4.69, 9.17) is 0 Å². The summed E-state index contributed by atoms with van der Waals surface area (Å²) in [5.74, 6) is -1.72. The van der Waals surface area contributed by atoms with Gasteiger partial charge in [-0.2, -0.15) is 5.10 Å². The molecule has 0 fully saturated rings. The number of nitrogens with one attached hydrogen (secondary N) is 1. The fourth-order valence-electron chi connectivity index (χ4n) is 2.98. The van der Waals surface area contributed by atoms with Crippen LogP contribution in [-0.4, -0.2) is 26.8 Å². The Balaban J connectivity index is 1.80. The van der Waals surface area contributed by atoms with E-state index >= 15 is 0 Å². The zero-order valence-electron chi connectivity index (χ0n) is 13.1. The summed E-state index contributed by atoms with van der Waals surface area (Å²) in [6.07, 6.45) is 2.13. The van der Waals surface area contributed by atoms with Gasteiger partial charge in [-0.3, -0.25) is 14.3 Å². The highest BCUT2D eigenvalue weighted by Gasteiger charge is 2.36. The SMILES string of the molecule is CC(C)n1ccc(C(=O)NC2CC(C(=O)O)c3ccccc32)n1. The molecular formula is C17H19N3O3. The Hall–Kier alpha value is -2.63. The van der Waals surface area contributed by atoms with Gasteiger partial charge in [0.1, 0.15) is 5.69 Å². The third-order valence-electron chi connectivity index (χ3n) is 4.19. The van der Waals surface area contributed by atoms with Crippen molar-refractivity contribution in [2.24, 2.45) is 0 Å². The van der Waals surface area contributed by atoms with Crippen LogP contribution >= 0.6 is 0 Å². The lowest BCUT2D eigenvalue weighted by Crippen LogP contribution is -2.28. The highest BCUT2D eigenvalue weighted by Crippen LogP contribution is 2.40. The molecule has 6 nitrogen and oxygen atoms in total. The summed E-state index contributed by atoms with van der Waals surface area (Å²) in [6.45, 7) is 3.97. The molecule has 1 amide bonds. The van der Waals surface area contributed by atoms with Crippen molar-refractivity contribution in [1.29, 1.82) is 0 Å². The smallest absolute Gasteiger partial charge is 0.311 e. The van der Waals surface area contributed by atoms with Crippen LogP contribution in [0, 0.1) is 0 Å². The van der Waals surface area contributed by atoms with Crippen LogP contribution in [0.5, 0.6) is 0 Å². The van der Waals surface area contributed by atoms with Crippen molar-refractivity contribution in [3.05, 3.63) is 53.3 Å². The standard InChI is InChI=1S/C17H19N3O3/c1-10(2)20-8-7-14(19-20)16(21)18-15-9-13(17(22)23)11-5-3-4-6-12(11)15/h3-8,10,13,15H,9H2,1-2H3,(H,18,21)(H,22,23). The molecule has 1 aliphatic rings. The minimum absolute atomic E-state index is 0.181. The second-order valence-electron chi connectivity index (χ2n) is 6.06. The number of hydrogen-bond acceptors (Lipinski definition) is 3. The molecule has 23 heavy (non-hydrogen) atoms. The highest BCUT2D eigenvalue weighted by molar-refractivity contribution is 5.92. The first kappa shape index (κ1) is 15.3. The minimum Gasteiger partial charge on any atom is -0.481 e. The maximum absolute atomic E-state index is 12.4. The van der Waals surface area contributed by atoms with Gasteiger partial charge in [-0.05, 0) is 37.5 Å². The van der Waals surface area contributed by atoms with Gasteiger partial charge in [0.2, 0.25) is 0 Å². The molecule has 1 heterocycles. The van der Waals surface area contributed by atoms with Crippen LogP contribution in [0.2, 0.25) is 0 Å². The molecule has 0 saturated heterocycles. The average molecular weight is 313 g/mol. The third-order valence-corrected chi connectivity index (χ3v) is 4.19. The fourth-order valence-corrected chi connectivity index (χ4v) is 2.98. The van der Waals surface area contributed by atoms with Crippen molar-refractivity contribution in [2.75, 3.05) is 0 Å². The Bertz CT molecular complexity index is 751. The van der Waals surface area contributed by atoms with Crippen LogP contribution in [0.1, 0.15) is 59.9 Å². The number of amides is 1. The molecule has 2 aromatic rings. The highest BCUT2D eigenvalue weighted by atomic mass is 16.4. The molecule has 2 N–H and O–H groups in total. The van der Waals surface area contributed by atoms with Crippen LogP contribution < -0.4 is 5.32 Å². The predicted molar refractivity (Wildman–Crippen MR) is 84.3 cm³/mol. The lowest BCUT2D eigenvalue weighted by atomic mass is 10.0. The summed E-state index contributed by atoms with van der Waals surface area (Å²) in [5, 5.41) is 16.5. The molecule has 120 valence electrons. The van der Waals surface area contributed by atoms with E-state index in [2.05, 4.69) is 10.4 Å². The molecule has 3 rings (SSSR count). The van der Waals surface area contributed by atoms with Gasteiger partial charge in [-0.1, -0.05) is 24.3 Å². The van der Waals surface area contributed by atoms with Gasteiger partial charge in [0.05, 0.1) is 12.0 Å². The Labute approximate surface area is 134 Å². The first-order chi connectivity index (χ1) is 11.0. The first-order valence-corrected chi connectivity index (χ1v) is 7.65. The van der Waals surface area contributed by atoms with Crippen molar-refractivity contribution in [3.8, 4) is 0 Å². The number of carbonyl (C=O) groups excluding carboxylic acids is 1. The summed E-state index contributed by atoms with van der Waals surface area (Å²) in [7, 11) is 0. The number of fused-ring (bicyclic) bond motifs is 1. The number of carboxylic acid groups (broad SMARTS) is 1. The molecule has 2 unspecified atom stereocenters. The van der Waals surface area contributed by atoms with Crippen LogP contribution in [0.15, 0.2) is 36.5 Å². The monoisotopic (exact) mass is 313 g/mol. The number of aliphatic carboxylic acids is 1. The largest absolute Gasteiger partial charge is 0.481 e. The van der Waals surface area contributed by atoms with Gasteiger partial charge >= 0.3 is 5.97 Å². The van der Waals surface area contributed by atoms with Crippen molar-refractivity contribution in [1.82, 2.24) is 15.1 Å². The van der Waals surface area contributed by atoms with Crippen LogP contribution in [0.4, 0.5) is 0 Å². The van der Waals surface area contributed by atoms with E-state index in [1.807, 2.05) is 38.1 Å². The summed E-state index contributed by atoms with van der Waals surface area (Å²) in [6, 6.07) is 8.91. The maximum Gasteiger partial charge on any atom is 0.311 e. The van der Waals surface area contributed by atoms with E-state index < -0.39 is 11.9 Å². The summed E-state index contributed by atoms with van der Waals surface area (Å²) in [5.41, 5.74) is 1.99. The molecule has 1 aromatic carbocycles. The van der Waals surface area contributed by atoms with Gasteiger partial charge in [0.25, 0.3) is 5.91 Å². The van der Waals surface area contributed by atoms with Crippen molar-refractivity contribution in [3.63, 3.8) is 0 Å². The lowest BCUT2D eigenvalue weighted by Gasteiger charge is -2.13. The fraction of sp³-hybridized carbons (Fsp3) is 0.353. The Morgan fingerprint density at radius 2 is 1.96 bits per heavy atom. The number of aromatic nitrogens is 2. The second-order valence-corrected chi connectivity index (χ2v) is 6.06. The quantitative estimate of drug-likeness (QED) is 0.908. The van der Waals surface area contributed by atoms with E-state index in [1.165, 1.54) is 0 Å². The molecule has 0 spiro atoms. The van der Waals surface area contributed by atoms with Crippen LogP contribution in [0.3, 0.4) is 0 Å². The van der Waals surface area contributed by atoms with Crippen molar-refractivity contribution < 1.29 is 14.7 Å². The zero-order valence-corrected chi connectivity index (χ0v) is 13.1. The van der Waals surface area contributed by atoms with Crippen molar-refractivity contribution >= 4 is 11.9 Å². The molecular weight excluding hydrogens is 294 g/mol. The number of rotatable bonds is 4. The van der Waals surface area contributed by atoms with Gasteiger partial charge in [0.15, 0.2) is 0 Å². The third kappa shape index (κ3) is 2.84. The summed E-state index contributed by atoms with van der Waals surface area (Å²) < 4.78 is 1.72. The molecule has 0 radical (unpaired) electrons. The molecule has 0 saturated carbocycles. The number of hydrogen-bond donors (Lipinski definition) is 2. The van der Waals surface area contributed by atoms with Crippen LogP contribution in [0.25, 0.3) is 0 Å². The normalized spacial score (nSPS) is 19.6. The molecule has 1 aromatic heterocycles. The van der Waals surface area contributed by atoms with Gasteiger partial charge < -0.3 is 10.4 Å². The van der Waals surface area contributed by atoms with Gasteiger partial charge in [0, 0.05) is 12.2 Å².